The first-order valence-corrected chi connectivity index (χ1v) is 11.7. The monoisotopic (exact) mass is 494 g/mol. The number of rotatable bonds is 8. The highest BCUT2D eigenvalue weighted by molar-refractivity contribution is 6.02. The maximum atomic E-state index is 13.2. The lowest BCUT2D eigenvalue weighted by molar-refractivity contribution is -0.121. The number of piperidine rings is 1. The van der Waals surface area contributed by atoms with Gasteiger partial charge in [-0.3, -0.25) is 9.69 Å². The molecule has 1 unspecified atom stereocenters. The second kappa shape index (κ2) is 11.2. The number of aryl methyl sites for hydroxylation is 1. The zero-order valence-electron chi connectivity index (χ0n) is 20.9. The van der Waals surface area contributed by atoms with Crippen molar-refractivity contribution in [2.24, 2.45) is 5.92 Å². The van der Waals surface area contributed by atoms with Crippen molar-refractivity contribution in [3.05, 3.63) is 53.4 Å². The van der Waals surface area contributed by atoms with Gasteiger partial charge < -0.3 is 24.1 Å². The fourth-order valence-electron chi connectivity index (χ4n) is 4.32. The van der Waals surface area contributed by atoms with Crippen LogP contribution in [0.1, 0.15) is 34.7 Å². The Morgan fingerprint density at radius 1 is 1.14 bits per heavy atom. The number of anilines is 1. The minimum absolute atomic E-state index is 0.186. The van der Waals surface area contributed by atoms with Crippen LogP contribution in [0.3, 0.4) is 0 Å². The van der Waals surface area contributed by atoms with E-state index in [0.29, 0.717) is 42.0 Å². The molecule has 4 rings (SSSR count). The fraction of sp³-hybridized carbons (Fsp3) is 0.385. The Labute approximate surface area is 209 Å². The van der Waals surface area contributed by atoms with Crippen LogP contribution in [-0.4, -0.2) is 61.3 Å². The number of carbonyl (C=O) groups excluding carboxylic acids is 2. The molecule has 1 amide bonds. The van der Waals surface area contributed by atoms with E-state index in [1.807, 2.05) is 31.2 Å². The molecule has 1 N–H and O–H groups in total. The van der Waals surface area contributed by atoms with Gasteiger partial charge in [-0.25, -0.2) is 4.79 Å². The van der Waals surface area contributed by atoms with Crippen LogP contribution in [0.5, 0.6) is 11.5 Å². The van der Waals surface area contributed by atoms with E-state index >= 15 is 0 Å². The predicted octanol–water partition coefficient (Wildman–Crippen LogP) is 3.70. The number of hydrogen-bond donors (Lipinski definition) is 1. The second-order valence-corrected chi connectivity index (χ2v) is 8.69. The lowest BCUT2D eigenvalue weighted by atomic mass is 9.96. The normalized spacial score (nSPS) is 15.8. The standard InChI is InChI=1S/C26H30N4O6/c1-16-7-5-8-17(11-16)24-28-23(36-29-24)15-30-10-6-9-18(14-30)25(31)27-20-13-22(34-3)21(33-2)12-19(20)26(32)35-4/h5,7-8,11-13,18H,6,9-10,14-15H2,1-4H3,(H,27,31). The van der Waals surface area contributed by atoms with Crippen LogP contribution in [0.15, 0.2) is 40.9 Å². The van der Waals surface area contributed by atoms with Crippen LogP contribution < -0.4 is 14.8 Å². The Bertz CT molecular complexity index is 1240. The summed E-state index contributed by atoms with van der Waals surface area (Å²) in [6.07, 6.45) is 1.56. The summed E-state index contributed by atoms with van der Waals surface area (Å²) in [6.45, 7) is 3.80. The lowest BCUT2D eigenvalue weighted by Gasteiger charge is -2.31. The number of benzene rings is 2. The molecule has 1 fully saturated rings. The number of likely N-dealkylation sites (tertiary alicyclic amines) is 1. The summed E-state index contributed by atoms with van der Waals surface area (Å²) in [6, 6.07) is 11.0. The molecular formula is C26H30N4O6. The molecule has 10 heteroatoms. The molecular weight excluding hydrogens is 464 g/mol. The third-order valence-corrected chi connectivity index (χ3v) is 6.17. The second-order valence-electron chi connectivity index (χ2n) is 8.69. The molecule has 0 aliphatic carbocycles. The van der Waals surface area contributed by atoms with Gasteiger partial charge in [-0.1, -0.05) is 28.9 Å². The van der Waals surface area contributed by atoms with Crippen molar-refractivity contribution in [2.45, 2.75) is 26.3 Å². The van der Waals surface area contributed by atoms with E-state index in [1.54, 1.807) is 6.07 Å². The molecule has 10 nitrogen and oxygen atoms in total. The highest BCUT2D eigenvalue weighted by Crippen LogP contribution is 2.34. The van der Waals surface area contributed by atoms with Crippen LogP contribution in [0.25, 0.3) is 11.4 Å². The third kappa shape index (κ3) is 5.65. The molecule has 1 aliphatic rings. The lowest BCUT2D eigenvalue weighted by Crippen LogP contribution is -2.40. The molecule has 36 heavy (non-hydrogen) atoms. The average Bonchev–Trinajstić information content (AvgIpc) is 3.36. The predicted molar refractivity (Wildman–Crippen MR) is 132 cm³/mol. The number of carbonyl (C=O) groups is 2. The molecule has 1 aromatic heterocycles. The van der Waals surface area contributed by atoms with E-state index in [2.05, 4.69) is 20.4 Å². The van der Waals surface area contributed by atoms with Gasteiger partial charge in [0.2, 0.25) is 17.6 Å². The summed E-state index contributed by atoms with van der Waals surface area (Å²) < 4.78 is 21.0. The summed E-state index contributed by atoms with van der Waals surface area (Å²) >= 11 is 0. The van der Waals surface area contributed by atoms with Gasteiger partial charge in [-0.2, -0.15) is 4.98 Å². The Morgan fingerprint density at radius 2 is 1.92 bits per heavy atom. The topological polar surface area (TPSA) is 116 Å². The van der Waals surface area contributed by atoms with Gasteiger partial charge in [0.25, 0.3) is 0 Å². The van der Waals surface area contributed by atoms with Gasteiger partial charge in [-0.15, -0.1) is 0 Å². The quantitative estimate of drug-likeness (QED) is 0.468. The number of aromatic nitrogens is 2. The Morgan fingerprint density at radius 3 is 2.64 bits per heavy atom. The summed E-state index contributed by atoms with van der Waals surface area (Å²) in [4.78, 5) is 32.2. The number of nitrogens with zero attached hydrogens (tertiary/aromatic N) is 3. The van der Waals surface area contributed by atoms with Gasteiger partial charge in [0, 0.05) is 24.2 Å². The fourth-order valence-corrected chi connectivity index (χ4v) is 4.32. The highest BCUT2D eigenvalue weighted by atomic mass is 16.5. The van der Waals surface area contributed by atoms with Crippen molar-refractivity contribution in [1.29, 1.82) is 0 Å². The molecule has 0 saturated carbocycles. The molecule has 0 bridgehead atoms. The van der Waals surface area contributed by atoms with E-state index < -0.39 is 5.97 Å². The largest absolute Gasteiger partial charge is 0.493 e. The van der Waals surface area contributed by atoms with Gasteiger partial charge in [0.15, 0.2) is 11.5 Å². The molecule has 190 valence electrons. The number of hydrogen-bond acceptors (Lipinski definition) is 9. The molecule has 2 aromatic carbocycles. The number of amides is 1. The van der Waals surface area contributed by atoms with Crippen LogP contribution in [0.2, 0.25) is 0 Å². The van der Waals surface area contributed by atoms with Gasteiger partial charge in [0.1, 0.15) is 0 Å². The van der Waals surface area contributed by atoms with Crippen LogP contribution in [0, 0.1) is 12.8 Å². The van der Waals surface area contributed by atoms with Crippen LogP contribution >= 0.6 is 0 Å². The number of ether oxygens (including phenoxy) is 3. The number of methoxy groups -OCH3 is 3. The molecule has 1 saturated heterocycles. The SMILES string of the molecule is COC(=O)c1cc(OC)c(OC)cc1NC(=O)C1CCCN(Cc2nc(-c3cccc(C)c3)no2)C1. The summed E-state index contributed by atoms with van der Waals surface area (Å²) in [7, 11) is 4.24. The van der Waals surface area contributed by atoms with Crippen LogP contribution in [0.4, 0.5) is 5.69 Å². The molecule has 0 radical (unpaired) electrons. The maximum absolute atomic E-state index is 13.2. The van der Waals surface area contributed by atoms with Crippen molar-refractivity contribution >= 4 is 17.6 Å². The number of nitrogens with one attached hydrogen (secondary N) is 1. The molecule has 1 atom stereocenters. The summed E-state index contributed by atoms with van der Waals surface area (Å²) in [5.74, 6) is 0.747. The van der Waals surface area contributed by atoms with Gasteiger partial charge in [-0.05, 0) is 32.4 Å². The first-order chi connectivity index (χ1) is 17.4. The van der Waals surface area contributed by atoms with Crippen molar-refractivity contribution in [3.8, 4) is 22.9 Å². The summed E-state index contributed by atoms with van der Waals surface area (Å²) in [5.41, 5.74) is 2.51. The van der Waals surface area contributed by atoms with E-state index in [1.165, 1.54) is 27.4 Å². The van der Waals surface area contributed by atoms with Gasteiger partial charge in [0.05, 0.1) is 45.0 Å². The van der Waals surface area contributed by atoms with Crippen molar-refractivity contribution in [3.63, 3.8) is 0 Å². The molecule has 2 heterocycles. The van der Waals surface area contributed by atoms with E-state index in [-0.39, 0.29) is 17.4 Å². The van der Waals surface area contributed by atoms with Gasteiger partial charge >= 0.3 is 5.97 Å². The first kappa shape index (κ1) is 25.2. The smallest absolute Gasteiger partial charge is 0.340 e. The van der Waals surface area contributed by atoms with E-state index in [9.17, 15) is 9.59 Å². The van der Waals surface area contributed by atoms with E-state index in [4.69, 9.17) is 18.7 Å². The van der Waals surface area contributed by atoms with Crippen molar-refractivity contribution < 1.29 is 28.3 Å². The minimum Gasteiger partial charge on any atom is -0.493 e. The van der Waals surface area contributed by atoms with Crippen molar-refractivity contribution in [1.82, 2.24) is 15.0 Å². The first-order valence-electron chi connectivity index (χ1n) is 11.7. The zero-order chi connectivity index (χ0) is 25.7. The van der Waals surface area contributed by atoms with E-state index in [0.717, 1.165) is 30.5 Å². The maximum Gasteiger partial charge on any atom is 0.340 e. The summed E-state index contributed by atoms with van der Waals surface area (Å²) in [5, 5.41) is 6.99. The molecule has 0 spiro atoms. The Hall–Kier alpha value is -3.92. The molecule has 1 aliphatic heterocycles. The van der Waals surface area contributed by atoms with Crippen LogP contribution in [-0.2, 0) is 16.1 Å². The van der Waals surface area contributed by atoms with Crippen molar-refractivity contribution in [2.75, 3.05) is 39.7 Å². The third-order valence-electron chi connectivity index (χ3n) is 6.17. The zero-order valence-corrected chi connectivity index (χ0v) is 20.9. The Kier molecular flexibility index (Phi) is 7.84. The average molecular weight is 495 g/mol. The highest BCUT2D eigenvalue weighted by Gasteiger charge is 2.28. The minimum atomic E-state index is -0.586. The Balaban J connectivity index is 1.44. The molecule has 3 aromatic rings. The number of esters is 1.